The van der Waals surface area contributed by atoms with Crippen molar-refractivity contribution < 1.29 is 10.0 Å². The number of hydroxylamine groups is 1. The minimum absolute atomic E-state index is 0.0179. The Hall–Kier alpha value is -1.85. The highest BCUT2D eigenvalue weighted by Crippen LogP contribution is 2.34. The van der Waals surface area contributed by atoms with Crippen LogP contribution in [0, 0.1) is 0 Å². The maximum atomic E-state index is 10.9. The van der Waals surface area contributed by atoms with Crippen LogP contribution in [0.25, 0.3) is 0 Å². The molecule has 0 bridgehead atoms. The van der Waals surface area contributed by atoms with Crippen molar-refractivity contribution in [3.63, 3.8) is 0 Å². The lowest BCUT2D eigenvalue weighted by Crippen LogP contribution is -2.27. The second-order valence-electron chi connectivity index (χ2n) is 5.75. The van der Waals surface area contributed by atoms with E-state index in [9.17, 15) is 4.79 Å². The van der Waals surface area contributed by atoms with E-state index in [0.717, 1.165) is 44.2 Å². The summed E-state index contributed by atoms with van der Waals surface area (Å²) in [5.74, 6) is -0.323. The van der Waals surface area contributed by atoms with Gasteiger partial charge in [0.25, 0.3) is 0 Å². The number of rotatable bonds is 9. The fraction of sp³-hybridized carbons (Fsp3) is 0.471. The lowest BCUT2D eigenvalue weighted by atomic mass is 10.0. The quantitative estimate of drug-likeness (QED) is 0.321. The van der Waals surface area contributed by atoms with Gasteiger partial charge in [-0.05, 0) is 43.4 Å². The maximum Gasteiger partial charge on any atom is 0.243 e. The minimum Gasteiger partial charge on any atom is -0.358 e. The highest BCUT2D eigenvalue weighted by atomic mass is 16.5. The Morgan fingerprint density at radius 3 is 2.55 bits per heavy atom. The van der Waals surface area contributed by atoms with Crippen LogP contribution >= 0.6 is 0 Å². The number of hydrogen-bond donors (Lipinski definition) is 4. The first kappa shape index (κ1) is 16.5. The van der Waals surface area contributed by atoms with E-state index in [-0.39, 0.29) is 11.9 Å². The molecule has 0 aliphatic heterocycles. The normalized spacial score (nSPS) is 14.4. The van der Waals surface area contributed by atoms with Crippen molar-refractivity contribution in [1.29, 1.82) is 0 Å². The van der Waals surface area contributed by atoms with Gasteiger partial charge in [-0.1, -0.05) is 31.0 Å². The summed E-state index contributed by atoms with van der Waals surface area (Å²) in [6.45, 7) is 0. The predicted octanol–water partition coefficient (Wildman–Crippen LogP) is 2.93. The Labute approximate surface area is 131 Å². The summed E-state index contributed by atoms with van der Waals surface area (Å²) >= 11 is 0. The van der Waals surface area contributed by atoms with Crippen LogP contribution in [0.2, 0.25) is 0 Å². The molecule has 0 unspecified atom stereocenters. The Kier molecular flexibility index (Phi) is 6.43. The molecule has 5 heteroatoms. The summed E-state index contributed by atoms with van der Waals surface area (Å²) in [6, 6.07) is 10.1. The third-order valence-corrected chi connectivity index (χ3v) is 3.85. The second kappa shape index (κ2) is 8.56. The highest BCUT2D eigenvalue weighted by molar-refractivity contribution is 5.74. The zero-order valence-corrected chi connectivity index (χ0v) is 12.8. The Balaban J connectivity index is 1.76. The van der Waals surface area contributed by atoms with E-state index in [1.165, 1.54) is 11.3 Å². The van der Waals surface area contributed by atoms with E-state index in [2.05, 4.69) is 5.32 Å². The van der Waals surface area contributed by atoms with E-state index < -0.39 is 0 Å². The number of nitrogens with one attached hydrogen (secondary N) is 2. The first-order valence-corrected chi connectivity index (χ1v) is 7.93. The molecule has 120 valence electrons. The summed E-state index contributed by atoms with van der Waals surface area (Å²) in [7, 11) is 0. The van der Waals surface area contributed by atoms with Crippen LogP contribution in [0.5, 0.6) is 0 Å². The molecule has 1 atom stereocenters. The average molecular weight is 303 g/mol. The van der Waals surface area contributed by atoms with Gasteiger partial charge in [-0.25, -0.2) is 5.48 Å². The SMILES string of the molecule is N[C@@H](CCCCCC(=O)NO)C(Nc1ccccc1)=C1CC1. The van der Waals surface area contributed by atoms with Crippen LogP contribution in [-0.2, 0) is 4.79 Å². The molecule has 1 fully saturated rings. The van der Waals surface area contributed by atoms with E-state index >= 15 is 0 Å². The lowest BCUT2D eigenvalue weighted by molar-refractivity contribution is -0.129. The van der Waals surface area contributed by atoms with E-state index in [1.807, 2.05) is 30.3 Å². The summed E-state index contributed by atoms with van der Waals surface area (Å²) in [5, 5.41) is 11.9. The van der Waals surface area contributed by atoms with Gasteiger partial charge in [0.05, 0.1) is 0 Å². The van der Waals surface area contributed by atoms with Crippen LogP contribution in [0.1, 0.15) is 44.9 Å². The minimum atomic E-state index is -0.323. The number of amides is 1. The van der Waals surface area contributed by atoms with Crippen molar-refractivity contribution in [2.75, 3.05) is 5.32 Å². The molecule has 0 aromatic heterocycles. The molecule has 1 aliphatic rings. The number of allylic oxidation sites excluding steroid dienone is 1. The molecule has 5 N–H and O–H groups in total. The fourth-order valence-corrected chi connectivity index (χ4v) is 2.48. The molecule has 0 spiro atoms. The molecular formula is C17H25N3O2. The van der Waals surface area contributed by atoms with Gasteiger partial charge < -0.3 is 11.1 Å². The third-order valence-electron chi connectivity index (χ3n) is 3.85. The van der Waals surface area contributed by atoms with Crippen LogP contribution < -0.4 is 16.5 Å². The summed E-state index contributed by atoms with van der Waals surface area (Å²) in [4.78, 5) is 10.9. The number of unbranched alkanes of at least 4 members (excludes halogenated alkanes) is 2. The molecule has 2 rings (SSSR count). The molecule has 1 aliphatic carbocycles. The molecule has 1 saturated carbocycles. The molecule has 1 aromatic carbocycles. The van der Waals surface area contributed by atoms with Gasteiger partial charge in [0, 0.05) is 23.8 Å². The average Bonchev–Trinajstić information content (AvgIpc) is 3.37. The molecule has 5 nitrogen and oxygen atoms in total. The third kappa shape index (κ3) is 5.50. The number of carbonyl (C=O) groups excluding carboxylic acids is 1. The van der Waals surface area contributed by atoms with Crippen molar-refractivity contribution in [2.45, 2.75) is 51.0 Å². The van der Waals surface area contributed by atoms with Crippen LogP contribution in [0.15, 0.2) is 41.6 Å². The number of hydrogen-bond acceptors (Lipinski definition) is 4. The van der Waals surface area contributed by atoms with Gasteiger partial charge in [0.15, 0.2) is 0 Å². The molecule has 1 amide bonds. The Bertz CT molecular complexity index is 508. The number of para-hydroxylation sites is 1. The molecule has 1 aromatic rings. The van der Waals surface area contributed by atoms with Gasteiger partial charge in [-0.15, -0.1) is 0 Å². The van der Waals surface area contributed by atoms with E-state index in [0.29, 0.717) is 6.42 Å². The van der Waals surface area contributed by atoms with Crippen molar-refractivity contribution in [2.24, 2.45) is 5.73 Å². The zero-order chi connectivity index (χ0) is 15.8. The van der Waals surface area contributed by atoms with Crippen molar-refractivity contribution in [3.05, 3.63) is 41.6 Å². The summed E-state index contributed by atoms with van der Waals surface area (Å²) in [5.41, 5.74) is 11.7. The Morgan fingerprint density at radius 2 is 1.91 bits per heavy atom. The second-order valence-corrected chi connectivity index (χ2v) is 5.75. The van der Waals surface area contributed by atoms with Crippen molar-refractivity contribution in [3.8, 4) is 0 Å². The standard InChI is InChI=1S/C17H25N3O2/c18-15(9-5-2-6-10-16(21)20-22)17(13-11-12-13)19-14-7-3-1-4-8-14/h1,3-4,7-8,15,19,22H,2,5-6,9-12,18H2,(H,20,21)/t15-/m0/s1. The molecular weight excluding hydrogens is 278 g/mol. The van der Waals surface area contributed by atoms with Crippen molar-refractivity contribution >= 4 is 11.6 Å². The van der Waals surface area contributed by atoms with E-state index in [1.54, 1.807) is 5.48 Å². The van der Waals surface area contributed by atoms with Crippen molar-refractivity contribution in [1.82, 2.24) is 5.48 Å². The van der Waals surface area contributed by atoms with Crippen LogP contribution in [0.4, 0.5) is 5.69 Å². The van der Waals surface area contributed by atoms with Gasteiger partial charge in [-0.2, -0.15) is 0 Å². The molecule has 0 radical (unpaired) electrons. The van der Waals surface area contributed by atoms with Gasteiger partial charge in [-0.3, -0.25) is 10.0 Å². The van der Waals surface area contributed by atoms with Gasteiger partial charge >= 0.3 is 0 Å². The van der Waals surface area contributed by atoms with Gasteiger partial charge in [0.2, 0.25) is 5.91 Å². The summed E-state index contributed by atoms with van der Waals surface area (Å²) < 4.78 is 0. The number of carbonyl (C=O) groups is 1. The lowest BCUT2D eigenvalue weighted by Gasteiger charge is -2.18. The van der Waals surface area contributed by atoms with Crippen LogP contribution in [0.3, 0.4) is 0 Å². The maximum absolute atomic E-state index is 10.9. The van der Waals surface area contributed by atoms with Crippen LogP contribution in [-0.4, -0.2) is 17.2 Å². The van der Waals surface area contributed by atoms with Gasteiger partial charge in [0.1, 0.15) is 0 Å². The molecule has 0 saturated heterocycles. The zero-order valence-electron chi connectivity index (χ0n) is 12.8. The molecule has 0 heterocycles. The molecule has 22 heavy (non-hydrogen) atoms. The number of nitrogens with two attached hydrogens (primary N) is 1. The fourth-order valence-electron chi connectivity index (χ4n) is 2.48. The predicted molar refractivity (Wildman–Crippen MR) is 87.3 cm³/mol. The summed E-state index contributed by atoms with van der Waals surface area (Å²) in [6.07, 6.45) is 6.24. The highest BCUT2D eigenvalue weighted by Gasteiger charge is 2.22. The topological polar surface area (TPSA) is 87.4 Å². The smallest absolute Gasteiger partial charge is 0.243 e. The Morgan fingerprint density at radius 1 is 1.18 bits per heavy atom. The monoisotopic (exact) mass is 303 g/mol. The number of anilines is 1. The van der Waals surface area contributed by atoms with E-state index in [4.69, 9.17) is 10.9 Å². The largest absolute Gasteiger partial charge is 0.358 e. The first-order valence-electron chi connectivity index (χ1n) is 7.93. The first-order chi connectivity index (χ1) is 10.7. The number of benzene rings is 1.